The predicted octanol–water partition coefficient (Wildman–Crippen LogP) is 8.20. The molecule has 0 spiro atoms. The number of hydrogen-bond acceptors (Lipinski definition) is 9. The SMILES string of the molecule is CCOC(=O)c1c(-c2ccc(C)cc2)csc1NC(=O)CCSCCC(=O)Nc1scc(-c2ccc(C)cc2)c1C(=O)OCC. The van der Waals surface area contributed by atoms with Crippen LogP contribution >= 0.6 is 34.4 Å². The molecule has 0 bridgehead atoms. The molecule has 2 amide bonds. The summed E-state index contributed by atoms with van der Waals surface area (Å²) in [5.41, 5.74) is 6.10. The second-order valence-corrected chi connectivity index (χ2v) is 13.1. The molecule has 0 radical (unpaired) electrons. The molecule has 236 valence electrons. The third-order valence-electron chi connectivity index (χ3n) is 6.72. The van der Waals surface area contributed by atoms with Crippen LogP contribution < -0.4 is 10.6 Å². The van der Waals surface area contributed by atoms with Crippen molar-refractivity contribution in [3.05, 3.63) is 81.5 Å². The lowest BCUT2D eigenvalue weighted by atomic mass is 10.0. The number of esters is 2. The van der Waals surface area contributed by atoms with E-state index in [0.717, 1.165) is 33.4 Å². The van der Waals surface area contributed by atoms with E-state index in [1.807, 2.05) is 73.1 Å². The van der Waals surface area contributed by atoms with Gasteiger partial charge in [0.1, 0.15) is 21.1 Å². The highest BCUT2D eigenvalue weighted by atomic mass is 32.2. The summed E-state index contributed by atoms with van der Waals surface area (Å²) in [5, 5.41) is 10.4. The Kier molecular flexibility index (Phi) is 12.4. The van der Waals surface area contributed by atoms with Gasteiger partial charge in [0.2, 0.25) is 11.8 Å². The molecule has 45 heavy (non-hydrogen) atoms. The lowest BCUT2D eigenvalue weighted by Gasteiger charge is -2.10. The van der Waals surface area contributed by atoms with Crippen LogP contribution in [0.15, 0.2) is 59.3 Å². The molecule has 2 aromatic heterocycles. The number of amides is 2. The van der Waals surface area contributed by atoms with Crippen molar-refractivity contribution in [2.24, 2.45) is 0 Å². The molecule has 0 atom stereocenters. The lowest BCUT2D eigenvalue weighted by Crippen LogP contribution is -2.16. The van der Waals surface area contributed by atoms with Crippen molar-refractivity contribution in [3.63, 3.8) is 0 Å². The van der Waals surface area contributed by atoms with E-state index in [1.165, 1.54) is 34.4 Å². The summed E-state index contributed by atoms with van der Waals surface area (Å²) in [7, 11) is 0. The molecule has 2 heterocycles. The zero-order valence-corrected chi connectivity index (χ0v) is 28.1. The number of anilines is 2. The number of carbonyl (C=O) groups excluding carboxylic acids is 4. The predicted molar refractivity (Wildman–Crippen MR) is 185 cm³/mol. The number of thiophene rings is 2. The average Bonchev–Trinajstić information content (AvgIpc) is 3.62. The van der Waals surface area contributed by atoms with Crippen molar-refractivity contribution in [1.82, 2.24) is 0 Å². The maximum absolute atomic E-state index is 12.8. The van der Waals surface area contributed by atoms with Crippen LogP contribution in [0, 0.1) is 13.8 Å². The van der Waals surface area contributed by atoms with Crippen molar-refractivity contribution in [3.8, 4) is 22.3 Å². The van der Waals surface area contributed by atoms with Gasteiger partial charge in [-0.1, -0.05) is 59.7 Å². The Hall–Kier alpha value is -3.93. The molecule has 0 aliphatic carbocycles. The molecular weight excluding hydrogens is 629 g/mol. The second kappa shape index (κ2) is 16.4. The van der Waals surface area contributed by atoms with Crippen molar-refractivity contribution in [2.75, 3.05) is 35.4 Å². The number of nitrogens with one attached hydrogen (secondary N) is 2. The van der Waals surface area contributed by atoms with E-state index in [4.69, 9.17) is 9.47 Å². The van der Waals surface area contributed by atoms with Crippen LogP contribution in [0.3, 0.4) is 0 Å². The average molecular weight is 665 g/mol. The lowest BCUT2D eigenvalue weighted by molar-refractivity contribution is -0.116. The topological polar surface area (TPSA) is 111 Å². The van der Waals surface area contributed by atoms with Gasteiger partial charge in [0.25, 0.3) is 0 Å². The third-order valence-corrected chi connectivity index (χ3v) is 9.50. The highest BCUT2D eigenvalue weighted by molar-refractivity contribution is 7.99. The van der Waals surface area contributed by atoms with E-state index in [2.05, 4.69) is 10.6 Å². The Morgan fingerprint density at radius 3 is 1.38 bits per heavy atom. The minimum Gasteiger partial charge on any atom is -0.462 e. The first-order chi connectivity index (χ1) is 21.7. The van der Waals surface area contributed by atoms with Gasteiger partial charge in [0.15, 0.2) is 0 Å². The highest BCUT2D eigenvalue weighted by Crippen LogP contribution is 2.38. The summed E-state index contributed by atoms with van der Waals surface area (Å²) in [5.74, 6) is -0.420. The third kappa shape index (κ3) is 9.06. The summed E-state index contributed by atoms with van der Waals surface area (Å²) < 4.78 is 10.6. The molecule has 0 saturated carbocycles. The number of ether oxygens (including phenoxy) is 2. The van der Waals surface area contributed by atoms with Gasteiger partial charge in [-0.15, -0.1) is 22.7 Å². The Bertz CT molecular complexity index is 1520. The Balaban J connectivity index is 1.30. The standard InChI is InChI=1S/C34H36N2O6S3/c1-5-41-33(39)29-25(23-11-7-21(3)8-12-23)19-44-31(29)35-27(37)15-17-43-18-16-28(38)36-32-30(34(40)42-6-2)26(20-45-32)24-13-9-22(4)10-14-24/h7-14,19-20H,5-6,15-18H2,1-4H3,(H,35,37)(H,36,38). The summed E-state index contributed by atoms with van der Waals surface area (Å²) in [4.78, 5) is 51.2. The van der Waals surface area contributed by atoms with Crippen molar-refractivity contribution < 1.29 is 28.7 Å². The van der Waals surface area contributed by atoms with E-state index in [1.54, 1.807) is 13.8 Å². The quantitative estimate of drug-likeness (QED) is 0.103. The molecule has 0 fully saturated rings. The number of thioether (sulfide) groups is 1. The smallest absolute Gasteiger partial charge is 0.341 e. The van der Waals surface area contributed by atoms with Gasteiger partial charge in [-0.25, -0.2) is 9.59 Å². The van der Waals surface area contributed by atoms with Crippen LogP contribution in [0.5, 0.6) is 0 Å². The van der Waals surface area contributed by atoms with Gasteiger partial charge >= 0.3 is 11.9 Å². The Morgan fingerprint density at radius 1 is 0.644 bits per heavy atom. The van der Waals surface area contributed by atoms with Crippen LogP contribution in [0.25, 0.3) is 22.3 Å². The van der Waals surface area contributed by atoms with Crippen molar-refractivity contribution >= 4 is 68.2 Å². The molecule has 11 heteroatoms. The first-order valence-corrected chi connectivity index (χ1v) is 17.5. The van der Waals surface area contributed by atoms with Gasteiger partial charge < -0.3 is 20.1 Å². The number of hydrogen-bond donors (Lipinski definition) is 2. The number of carbonyl (C=O) groups is 4. The first kappa shape index (κ1) is 34.0. The zero-order chi connectivity index (χ0) is 32.3. The van der Waals surface area contributed by atoms with Gasteiger partial charge in [0, 0.05) is 46.2 Å². The second-order valence-electron chi connectivity index (χ2n) is 10.1. The fourth-order valence-electron chi connectivity index (χ4n) is 4.41. The van der Waals surface area contributed by atoms with Crippen molar-refractivity contribution in [2.45, 2.75) is 40.5 Å². The minimum atomic E-state index is -0.479. The van der Waals surface area contributed by atoms with Crippen LogP contribution in [0.4, 0.5) is 10.0 Å². The highest BCUT2D eigenvalue weighted by Gasteiger charge is 2.24. The van der Waals surface area contributed by atoms with E-state index < -0.39 is 11.9 Å². The van der Waals surface area contributed by atoms with Crippen LogP contribution in [-0.2, 0) is 19.1 Å². The van der Waals surface area contributed by atoms with E-state index in [0.29, 0.717) is 32.6 Å². The van der Waals surface area contributed by atoms with Crippen molar-refractivity contribution in [1.29, 1.82) is 0 Å². The van der Waals surface area contributed by atoms with Crippen LogP contribution in [-0.4, -0.2) is 48.5 Å². The maximum atomic E-state index is 12.8. The molecule has 2 aromatic carbocycles. The summed E-state index contributed by atoms with van der Waals surface area (Å²) >= 11 is 4.05. The maximum Gasteiger partial charge on any atom is 0.341 e. The number of aryl methyl sites for hydroxylation is 2. The first-order valence-electron chi connectivity index (χ1n) is 14.6. The monoisotopic (exact) mass is 664 g/mol. The fraction of sp³-hybridized carbons (Fsp3) is 0.294. The van der Waals surface area contributed by atoms with Gasteiger partial charge in [-0.3, -0.25) is 9.59 Å². The molecule has 0 aliphatic rings. The molecule has 4 aromatic rings. The van der Waals surface area contributed by atoms with Crippen LogP contribution in [0.1, 0.15) is 58.5 Å². The van der Waals surface area contributed by atoms with E-state index >= 15 is 0 Å². The largest absolute Gasteiger partial charge is 0.462 e. The van der Waals surface area contributed by atoms with Gasteiger partial charge in [-0.2, -0.15) is 11.8 Å². The molecule has 0 unspecified atom stereocenters. The molecule has 8 nitrogen and oxygen atoms in total. The molecule has 4 rings (SSSR count). The summed E-state index contributed by atoms with van der Waals surface area (Å²) in [6.07, 6.45) is 0.425. The van der Waals surface area contributed by atoms with Gasteiger partial charge in [-0.05, 0) is 38.8 Å². The molecular formula is C34H36N2O6S3. The van der Waals surface area contributed by atoms with E-state index in [9.17, 15) is 19.2 Å². The fourth-order valence-corrected chi connectivity index (χ4v) is 7.22. The Morgan fingerprint density at radius 2 is 1.02 bits per heavy atom. The van der Waals surface area contributed by atoms with Crippen LogP contribution in [0.2, 0.25) is 0 Å². The summed E-state index contributed by atoms with van der Waals surface area (Å²) in [6, 6.07) is 15.7. The number of rotatable bonds is 14. The summed E-state index contributed by atoms with van der Waals surface area (Å²) in [6.45, 7) is 7.93. The number of benzene rings is 2. The zero-order valence-electron chi connectivity index (χ0n) is 25.7. The Labute approximate surface area is 275 Å². The molecule has 0 saturated heterocycles. The van der Waals surface area contributed by atoms with E-state index in [-0.39, 0.29) is 37.9 Å². The minimum absolute atomic E-state index is 0.212. The molecule has 0 aliphatic heterocycles. The van der Waals surface area contributed by atoms with Gasteiger partial charge in [0.05, 0.1) is 13.2 Å². The normalized spacial score (nSPS) is 10.8. The molecule has 2 N–H and O–H groups in total.